The first-order valence-corrected chi connectivity index (χ1v) is 11.6. The Kier molecular flexibility index (Phi) is 7.53. The number of pyridine rings is 1. The van der Waals surface area contributed by atoms with Crippen LogP contribution in [0.25, 0.3) is 5.76 Å². The summed E-state index contributed by atoms with van der Waals surface area (Å²) in [6.07, 6.45) is 4.13. The molecule has 3 aromatic rings. The first-order valence-electron chi connectivity index (χ1n) is 11.6. The van der Waals surface area contributed by atoms with Crippen LogP contribution in [-0.2, 0) is 16.1 Å². The summed E-state index contributed by atoms with van der Waals surface area (Å²) < 4.78 is 16.3. The number of ether oxygens (including phenoxy) is 3. The zero-order valence-electron chi connectivity index (χ0n) is 20.4. The fourth-order valence-electron chi connectivity index (χ4n) is 4.18. The lowest BCUT2D eigenvalue weighted by molar-refractivity contribution is -0.140. The Labute approximate surface area is 209 Å². The lowest BCUT2D eigenvalue weighted by Gasteiger charge is -2.25. The number of hydrogen-bond acceptors (Lipinski definition) is 7. The van der Waals surface area contributed by atoms with Gasteiger partial charge in [-0.15, -0.1) is 0 Å². The number of aliphatic hydroxyl groups is 1. The number of aromatic nitrogens is 1. The Balaban J connectivity index is 1.82. The minimum atomic E-state index is -0.800. The lowest BCUT2D eigenvalue weighted by atomic mass is 9.95. The van der Waals surface area contributed by atoms with Crippen molar-refractivity contribution >= 4 is 17.4 Å². The fourth-order valence-corrected chi connectivity index (χ4v) is 4.18. The van der Waals surface area contributed by atoms with Crippen LogP contribution in [0.5, 0.6) is 17.2 Å². The number of nitrogens with zero attached hydrogens (tertiary/aromatic N) is 2. The minimum absolute atomic E-state index is 0.00324. The molecule has 1 unspecified atom stereocenters. The van der Waals surface area contributed by atoms with E-state index in [0.29, 0.717) is 35.0 Å². The molecule has 0 aliphatic carbocycles. The van der Waals surface area contributed by atoms with E-state index in [-0.39, 0.29) is 17.9 Å². The second kappa shape index (κ2) is 10.9. The zero-order chi connectivity index (χ0) is 25.7. The lowest BCUT2D eigenvalue weighted by Crippen LogP contribution is -2.29. The van der Waals surface area contributed by atoms with E-state index in [1.165, 1.54) is 19.1 Å². The second-order valence-electron chi connectivity index (χ2n) is 8.27. The van der Waals surface area contributed by atoms with Gasteiger partial charge in [0.05, 0.1) is 32.4 Å². The molecule has 0 bridgehead atoms. The summed E-state index contributed by atoms with van der Waals surface area (Å²) in [7, 11) is 2.99. The Morgan fingerprint density at radius 1 is 0.972 bits per heavy atom. The molecular weight excluding hydrogens is 460 g/mol. The van der Waals surface area contributed by atoms with Gasteiger partial charge in [-0.3, -0.25) is 14.6 Å². The molecule has 1 N–H and O–H groups in total. The molecule has 8 heteroatoms. The Morgan fingerprint density at radius 3 is 2.31 bits per heavy atom. The average molecular weight is 489 g/mol. The van der Waals surface area contributed by atoms with Crippen LogP contribution in [0.4, 0.5) is 0 Å². The Hall–Kier alpha value is -4.33. The standard InChI is InChI=1S/C28H28N2O6/c1-4-15-36-21-8-5-19(6-9-21)25-24(26(31)20-7-10-22(34-2)23(16-20)35-3)27(32)28(33)30(25)17-18-11-13-29-14-12-18/h5-14,16,25,31H,4,15,17H2,1-3H3/b26-24-. The largest absolute Gasteiger partial charge is 0.507 e. The van der Waals surface area contributed by atoms with Crippen LogP contribution in [0.1, 0.15) is 36.1 Å². The number of benzene rings is 2. The SMILES string of the molecule is CCCOc1ccc(C2/C(=C(/O)c3ccc(OC)c(OC)c3)C(=O)C(=O)N2Cc2ccncc2)cc1. The van der Waals surface area contributed by atoms with E-state index in [9.17, 15) is 14.7 Å². The highest BCUT2D eigenvalue weighted by Crippen LogP contribution is 2.41. The Bertz CT molecular complexity index is 1270. The van der Waals surface area contributed by atoms with Gasteiger partial charge in [0.25, 0.3) is 11.7 Å². The number of amides is 1. The first-order chi connectivity index (χ1) is 17.5. The van der Waals surface area contributed by atoms with E-state index in [0.717, 1.165) is 12.0 Å². The third kappa shape index (κ3) is 4.88. The maximum absolute atomic E-state index is 13.3. The van der Waals surface area contributed by atoms with Crippen molar-refractivity contribution in [1.29, 1.82) is 0 Å². The molecule has 1 amide bonds. The van der Waals surface area contributed by atoms with Gasteiger partial charge in [0.2, 0.25) is 0 Å². The van der Waals surface area contributed by atoms with Crippen molar-refractivity contribution in [2.45, 2.75) is 25.9 Å². The molecule has 8 nitrogen and oxygen atoms in total. The number of carbonyl (C=O) groups excluding carboxylic acids is 2. The van der Waals surface area contributed by atoms with Crippen LogP contribution in [0.3, 0.4) is 0 Å². The summed E-state index contributed by atoms with van der Waals surface area (Å²) in [4.78, 5) is 32.0. The number of ketones is 1. The van der Waals surface area contributed by atoms with Crippen molar-refractivity contribution in [3.63, 3.8) is 0 Å². The molecule has 186 valence electrons. The first kappa shape index (κ1) is 24.8. The highest BCUT2D eigenvalue weighted by atomic mass is 16.5. The number of hydrogen-bond donors (Lipinski definition) is 1. The van der Waals surface area contributed by atoms with E-state index in [1.807, 2.05) is 19.1 Å². The topological polar surface area (TPSA) is 98.2 Å². The molecule has 2 heterocycles. The van der Waals surface area contributed by atoms with Gasteiger partial charge in [-0.1, -0.05) is 19.1 Å². The smallest absolute Gasteiger partial charge is 0.295 e. The van der Waals surface area contributed by atoms with Crippen molar-refractivity contribution in [2.75, 3.05) is 20.8 Å². The number of likely N-dealkylation sites (tertiary alicyclic amines) is 1. The van der Waals surface area contributed by atoms with Gasteiger partial charge < -0.3 is 24.2 Å². The quantitative estimate of drug-likeness (QED) is 0.269. The maximum Gasteiger partial charge on any atom is 0.295 e. The normalized spacial score (nSPS) is 16.8. The summed E-state index contributed by atoms with van der Waals surface area (Å²) >= 11 is 0. The number of aliphatic hydroxyl groups excluding tert-OH is 1. The van der Waals surface area contributed by atoms with Crippen molar-refractivity contribution in [3.05, 3.63) is 89.3 Å². The molecule has 1 aromatic heterocycles. The van der Waals surface area contributed by atoms with Crippen molar-refractivity contribution < 1.29 is 28.9 Å². The molecule has 1 aliphatic rings. The van der Waals surface area contributed by atoms with E-state index < -0.39 is 17.7 Å². The molecule has 1 aliphatic heterocycles. The molecule has 1 atom stereocenters. The highest BCUT2D eigenvalue weighted by Gasteiger charge is 2.46. The third-order valence-electron chi connectivity index (χ3n) is 5.97. The monoisotopic (exact) mass is 488 g/mol. The van der Waals surface area contributed by atoms with E-state index >= 15 is 0 Å². The molecule has 1 fully saturated rings. The molecule has 0 spiro atoms. The highest BCUT2D eigenvalue weighted by molar-refractivity contribution is 6.46. The number of methoxy groups -OCH3 is 2. The molecule has 2 aromatic carbocycles. The molecular formula is C28H28N2O6. The van der Waals surface area contributed by atoms with Crippen molar-refractivity contribution in [2.24, 2.45) is 0 Å². The van der Waals surface area contributed by atoms with Crippen LogP contribution in [0.2, 0.25) is 0 Å². The van der Waals surface area contributed by atoms with Crippen LogP contribution in [-0.4, -0.2) is 47.5 Å². The Morgan fingerprint density at radius 2 is 1.67 bits per heavy atom. The van der Waals surface area contributed by atoms with Gasteiger partial charge in [0, 0.05) is 24.5 Å². The number of Topliss-reactive ketones (excluding diaryl/α,β-unsaturated/α-hetero) is 1. The summed E-state index contributed by atoms with van der Waals surface area (Å²) in [5.41, 5.74) is 1.83. The van der Waals surface area contributed by atoms with Gasteiger partial charge in [-0.05, 0) is 60.0 Å². The summed E-state index contributed by atoms with van der Waals surface area (Å²) in [5, 5.41) is 11.3. The van der Waals surface area contributed by atoms with E-state index in [1.54, 1.807) is 54.9 Å². The molecule has 1 saturated heterocycles. The summed E-state index contributed by atoms with van der Waals surface area (Å²) in [6.45, 7) is 2.78. The molecule has 0 radical (unpaired) electrons. The van der Waals surface area contributed by atoms with Crippen LogP contribution in [0.15, 0.2) is 72.6 Å². The van der Waals surface area contributed by atoms with Gasteiger partial charge >= 0.3 is 0 Å². The second-order valence-corrected chi connectivity index (χ2v) is 8.27. The van der Waals surface area contributed by atoms with Gasteiger partial charge in [-0.25, -0.2) is 0 Å². The van der Waals surface area contributed by atoms with Crippen molar-refractivity contribution in [1.82, 2.24) is 9.88 Å². The van der Waals surface area contributed by atoms with E-state index in [2.05, 4.69) is 4.98 Å². The molecule has 0 saturated carbocycles. The van der Waals surface area contributed by atoms with Crippen LogP contribution >= 0.6 is 0 Å². The fraction of sp³-hybridized carbons (Fsp3) is 0.250. The average Bonchev–Trinajstić information content (AvgIpc) is 3.16. The predicted molar refractivity (Wildman–Crippen MR) is 134 cm³/mol. The molecule has 36 heavy (non-hydrogen) atoms. The summed E-state index contributed by atoms with van der Waals surface area (Å²) in [5.74, 6) is -0.180. The third-order valence-corrected chi connectivity index (χ3v) is 5.97. The van der Waals surface area contributed by atoms with Crippen LogP contribution in [0, 0.1) is 0 Å². The minimum Gasteiger partial charge on any atom is -0.507 e. The maximum atomic E-state index is 13.3. The van der Waals surface area contributed by atoms with Gasteiger partial charge in [-0.2, -0.15) is 0 Å². The summed E-state index contributed by atoms with van der Waals surface area (Å²) in [6, 6.07) is 14.8. The van der Waals surface area contributed by atoms with Crippen molar-refractivity contribution in [3.8, 4) is 17.2 Å². The van der Waals surface area contributed by atoms with Gasteiger partial charge in [0.15, 0.2) is 11.5 Å². The van der Waals surface area contributed by atoms with Gasteiger partial charge in [0.1, 0.15) is 11.5 Å². The molecule has 4 rings (SSSR count). The predicted octanol–water partition coefficient (Wildman–Crippen LogP) is 4.51. The number of rotatable bonds is 9. The van der Waals surface area contributed by atoms with Crippen LogP contribution < -0.4 is 14.2 Å². The van der Waals surface area contributed by atoms with E-state index in [4.69, 9.17) is 14.2 Å². The number of carbonyl (C=O) groups is 2. The zero-order valence-corrected chi connectivity index (χ0v) is 20.4.